The van der Waals surface area contributed by atoms with Crippen LogP contribution in [0.2, 0.25) is 0 Å². The lowest BCUT2D eigenvalue weighted by Gasteiger charge is -2.04. The van der Waals surface area contributed by atoms with Gasteiger partial charge in [-0.3, -0.25) is 0 Å². The highest BCUT2D eigenvalue weighted by molar-refractivity contribution is 9.10. The monoisotopic (exact) mass is 427 g/mol. The van der Waals surface area contributed by atoms with Crippen LogP contribution >= 0.6 is 28.3 Å². The van der Waals surface area contributed by atoms with Crippen LogP contribution in [-0.4, -0.2) is 23.2 Å². The summed E-state index contributed by atoms with van der Waals surface area (Å²) in [6.07, 6.45) is 0.695. The van der Waals surface area contributed by atoms with Crippen LogP contribution in [-0.2, 0) is 13.0 Å². The maximum Gasteiger partial charge on any atom is 0.293 e. The molecular weight excluding hydrogens is 410 g/mol. The van der Waals surface area contributed by atoms with E-state index in [1.165, 1.54) is 0 Å². The van der Waals surface area contributed by atoms with Gasteiger partial charge in [0.15, 0.2) is 11.6 Å². The number of nitrogens with zero attached hydrogens (tertiary/aromatic N) is 2. The van der Waals surface area contributed by atoms with E-state index < -0.39 is 0 Å². The second kappa shape index (κ2) is 9.03. The highest BCUT2D eigenvalue weighted by atomic mass is 79.9. The molecule has 6 nitrogen and oxygen atoms in total. The molecule has 3 aromatic rings. The molecule has 0 amide bonds. The van der Waals surface area contributed by atoms with Crippen molar-refractivity contribution in [2.24, 2.45) is 0 Å². The summed E-state index contributed by atoms with van der Waals surface area (Å²) >= 11 is 3.39. The number of halogens is 2. The summed E-state index contributed by atoms with van der Waals surface area (Å²) in [5, 5.41) is 7.11. The molecule has 2 aromatic heterocycles. The Morgan fingerprint density at radius 2 is 1.96 bits per heavy atom. The molecule has 1 aromatic carbocycles. The lowest BCUT2D eigenvalue weighted by molar-refractivity contribution is 0.270. The maximum atomic E-state index is 5.71. The van der Waals surface area contributed by atoms with Crippen LogP contribution in [0.3, 0.4) is 0 Å². The summed E-state index contributed by atoms with van der Waals surface area (Å²) in [6, 6.07) is 11.6. The largest absolute Gasteiger partial charge is 0.486 e. The van der Waals surface area contributed by atoms with E-state index in [2.05, 4.69) is 38.3 Å². The lowest BCUT2D eigenvalue weighted by Crippen LogP contribution is -2.24. The zero-order chi connectivity index (χ0) is 16.9. The van der Waals surface area contributed by atoms with E-state index in [1.807, 2.05) is 37.4 Å². The summed E-state index contributed by atoms with van der Waals surface area (Å²) < 4.78 is 17.7. The van der Waals surface area contributed by atoms with Crippen molar-refractivity contribution in [3.63, 3.8) is 0 Å². The van der Waals surface area contributed by atoms with Crippen LogP contribution in [0.15, 0.2) is 49.8 Å². The van der Waals surface area contributed by atoms with Crippen molar-refractivity contribution in [2.75, 3.05) is 7.05 Å². The fraction of sp³-hybridized carbons (Fsp3) is 0.294. The van der Waals surface area contributed by atoms with Gasteiger partial charge in [0, 0.05) is 16.9 Å². The molecule has 0 radical (unpaired) electrons. The average Bonchev–Trinajstić information content (AvgIpc) is 3.23. The molecule has 8 heteroatoms. The topological polar surface area (TPSA) is 73.3 Å². The molecule has 3 rings (SSSR count). The molecule has 0 bridgehead atoms. The van der Waals surface area contributed by atoms with Crippen LogP contribution in [0, 0.1) is 0 Å². The van der Waals surface area contributed by atoms with Gasteiger partial charge in [-0.2, -0.15) is 4.98 Å². The number of rotatable bonds is 7. The number of nitrogens with one attached hydrogen (secondary N) is 1. The summed E-state index contributed by atoms with van der Waals surface area (Å²) in [4.78, 5) is 4.35. The van der Waals surface area contributed by atoms with Crippen molar-refractivity contribution in [2.45, 2.75) is 26.0 Å². The SMILES string of the molecule is CNC(C)Cc1noc(-c2ccc(COc3ccc(Br)cc3)o2)n1.Cl. The molecule has 134 valence electrons. The molecule has 0 saturated carbocycles. The summed E-state index contributed by atoms with van der Waals surface area (Å²) in [6.45, 7) is 2.39. The Bertz CT molecular complexity index is 789. The van der Waals surface area contributed by atoms with Gasteiger partial charge in [-0.25, -0.2) is 0 Å². The van der Waals surface area contributed by atoms with Gasteiger partial charge in [0.25, 0.3) is 5.89 Å². The minimum atomic E-state index is 0. The van der Waals surface area contributed by atoms with Gasteiger partial charge in [-0.05, 0) is 50.4 Å². The summed E-state index contributed by atoms with van der Waals surface area (Å²) in [5.41, 5.74) is 0. The molecular formula is C17H19BrClN3O3. The van der Waals surface area contributed by atoms with Crippen molar-refractivity contribution in [1.29, 1.82) is 0 Å². The smallest absolute Gasteiger partial charge is 0.293 e. The molecule has 0 spiro atoms. The Morgan fingerprint density at radius 3 is 2.68 bits per heavy atom. The van der Waals surface area contributed by atoms with Gasteiger partial charge in [0.05, 0.1) is 0 Å². The molecule has 0 saturated heterocycles. The van der Waals surface area contributed by atoms with Crippen LogP contribution in [0.4, 0.5) is 0 Å². The summed E-state index contributed by atoms with van der Waals surface area (Å²) in [7, 11) is 1.90. The predicted molar refractivity (Wildman–Crippen MR) is 99.9 cm³/mol. The standard InChI is InChI=1S/C17H18BrN3O3.ClH/c1-11(19-2)9-16-20-17(24-21-16)15-8-7-14(23-15)10-22-13-5-3-12(18)4-6-13;/h3-8,11,19H,9-10H2,1-2H3;1H. The van der Waals surface area contributed by atoms with E-state index >= 15 is 0 Å². The van der Waals surface area contributed by atoms with Crippen molar-refractivity contribution in [3.05, 3.63) is 52.5 Å². The molecule has 2 heterocycles. The quantitative estimate of drug-likeness (QED) is 0.607. The van der Waals surface area contributed by atoms with Crippen LogP contribution in [0.5, 0.6) is 5.75 Å². The fourth-order valence-corrected chi connectivity index (χ4v) is 2.33. The van der Waals surface area contributed by atoms with Crippen LogP contribution in [0.25, 0.3) is 11.7 Å². The molecule has 1 unspecified atom stereocenters. The van der Waals surface area contributed by atoms with Crippen LogP contribution < -0.4 is 10.1 Å². The van der Waals surface area contributed by atoms with Gasteiger partial charge >= 0.3 is 0 Å². The van der Waals surface area contributed by atoms with Gasteiger partial charge in [-0.15, -0.1) is 12.4 Å². The zero-order valence-corrected chi connectivity index (χ0v) is 16.3. The Hall–Kier alpha value is -1.83. The van der Waals surface area contributed by atoms with Crippen LogP contribution in [0.1, 0.15) is 18.5 Å². The first kappa shape index (κ1) is 19.5. The van der Waals surface area contributed by atoms with E-state index in [0.29, 0.717) is 36.3 Å². The Balaban J connectivity index is 0.00000225. The Kier molecular flexibility index (Phi) is 7.04. The minimum absolute atomic E-state index is 0. The second-order valence-corrected chi connectivity index (χ2v) is 6.33. The summed E-state index contributed by atoms with van der Waals surface area (Å²) in [5.74, 6) is 3.04. The molecule has 0 fully saturated rings. The third kappa shape index (κ3) is 5.32. The third-order valence-electron chi connectivity index (χ3n) is 3.52. The minimum Gasteiger partial charge on any atom is -0.486 e. The van der Waals surface area contributed by atoms with E-state index in [4.69, 9.17) is 13.7 Å². The highest BCUT2D eigenvalue weighted by Crippen LogP contribution is 2.22. The van der Waals surface area contributed by atoms with Crippen molar-refractivity contribution < 1.29 is 13.7 Å². The number of aromatic nitrogens is 2. The van der Waals surface area contributed by atoms with Gasteiger partial charge in [0.1, 0.15) is 18.1 Å². The third-order valence-corrected chi connectivity index (χ3v) is 4.05. The zero-order valence-electron chi connectivity index (χ0n) is 13.9. The maximum absolute atomic E-state index is 5.71. The number of benzene rings is 1. The molecule has 25 heavy (non-hydrogen) atoms. The average molecular weight is 429 g/mol. The first-order chi connectivity index (χ1) is 11.6. The predicted octanol–water partition coefficient (Wildman–Crippen LogP) is 4.24. The number of likely N-dealkylation sites (N-methyl/N-ethyl adjacent to an activating group) is 1. The molecule has 0 aliphatic heterocycles. The molecule has 1 N–H and O–H groups in total. The molecule has 0 aliphatic carbocycles. The van der Waals surface area contributed by atoms with E-state index in [1.54, 1.807) is 6.07 Å². The van der Waals surface area contributed by atoms with Crippen molar-refractivity contribution in [1.82, 2.24) is 15.5 Å². The van der Waals surface area contributed by atoms with E-state index in [0.717, 1.165) is 10.2 Å². The number of ether oxygens (including phenoxy) is 1. The first-order valence-electron chi connectivity index (χ1n) is 7.61. The number of hydrogen-bond donors (Lipinski definition) is 1. The normalized spacial score (nSPS) is 11.8. The highest BCUT2D eigenvalue weighted by Gasteiger charge is 2.14. The number of hydrogen-bond acceptors (Lipinski definition) is 6. The van der Waals surface area contributed by atoms with Gasteiger partial charge in [-0.1, -0.05) is 21.1 Å². The first-order valence-corrected chi connectivity index (χ1v) is 8.40. The van der Waals surface area contributed by atoms with Gasteiger partial charge < -0.3 is 19.0 Å². The van der Waals surface area contributed by atoms with Crippen molar-refractivity contribution >= 4 is 28.3 Å². The van der Waals surface area contributed by atoms with Gasteiger partial charge in [0.2, 0.25) is 0 Å². The Labute approximate surface area is 160 Å². The number of furan rings is 1. The molecule has 0 aliphatic rings. The van der Waals surface area contributed by atoms with Crippen molar-refractivity contribution in [3.8, 4) is 17.4 Å². The lowest BCUT2D eigenvalue weighted by atomic mass is 10.2. The van der Waals surface area contributed by atoms with E-state index in [-0.39, 0.29) is 18.4 Å². The van der Waals surface area contributed by atoms with E-state index in [9.17, 15) is 0 Å². The Morgan fingerprint density at radius 1 is 1.20 bits per heavy atom. The molecule has 1 atom stereocenters. The fourth-order valence-electron chi connectivity index (χ4n) is 2.07. The second-order valence-electron chi connectivity index (χ2n) is 5.42.